The number of hydrogen-bond acceptors (Lipinski definition) is 3. The van der Waals surface area contributed by atoms with E-state index >= 15 is 0 Å². The zero-order valence-corrected chi connectivity index (χ0v) is 16.2. The van der Waals surface area contributed by atoms with Gasteiger partial charge < -0.3 is 14.9 Å². The van der Waals surface area contributed by atoms with E-state index in [4.69, 9.17) is 4.74 Å². The van der Waals surface area contributed by atoms with Crippen LogP contribution in [0.25, 0.3) is 0 Å². The van der Waals surface area contributed by atoms with E-state index in [0.717, 1.165) is 38.5 Å². The highest BCUT2D eigenvalue weighted by Gasteiger charge is 2.47. The summed E-state index contributed by atoms with van der Waals surface area (Å²) in [5.41, 5.74) is -0.815. The molecule has 0 aromatic rings. The molecule has 2 rings (SSSR count). The van der Waals surface area contributed by atoms with Gasteiger partial charge in [-0.2, -0.15) is 0 Å². The first-order valence-electron chi connectivity index (χ1n) is 10.4. The van der Waals surface area contributed by atoms with E-state index < -0.39 is 5.60 Å². The molecule has 1 unspecified atom stereocenters. The van der Waals surface area contributed by atoms with Crippen molar-refractivity contribution in [2.24, 2.45) is 11.8 Å². The molecular formula is C22H38O3. The quantitative estimate of drug-likeness (QED) is 0.417. The van der Waals surface area contributed by atoms with Crippen molar-refractivity contribution in [2.45, 2.75) is 102 Å². The van der Waals surface area contributed by atoms with Crippen molar-refractivity contribution in [3.63, 3.8) is 0 Å². The van der Waals surface area contributed by atoms with Crippen molar-refractivity contribution in [2.75, 3.05) is 0 Å². The number of fused-ring (bicyclic) bond motifs is 1. The third kappa shape index (κ3) is 5.67. The summed E-state index contributed by atoms with van der Waals surface area (Å²) in [6.45, 7) is 8.16. The summed E-state index contributed by atoms with van der Waals surface area (Å²) in [5.74, 6) is 0.603. The van der Waals surface area contributed by atoms with Crippen molar-refractivity contribution in [3.8, 4) is 0 Å². The van der Waals surface area contributed by atoms with Crippen molar-refractivity contribution >= 4 is 0 Å². The molecule has 0 radical (unpaired) electrons. The number of hydrogen-bond donors (Lipinski definition) is 2. The first kappa shape index (κ1) is 20.7. The van der Waals surface area contributed by atoms with Crippen LogP contribution in [0.1, 0.15) is 78.1 Å². The average Bonchev–Trinajstić information content (AvgIpc) is 3.11. The fraction of sp³-hybridized carbons (Fsp3) is 0.818. The minimum Gasteiger partial charge on any atom is -0.392 e. The first-order chi connectivity index (χ1) is 12.0. The van der Waals surface area contributed by atoms with Crippen molar-refractivity contribution in [3.05, 3.63) is 24.8 Å². The van der Waals surface area contributed by atoms with E-state index in [0.29, 0.717) is 18.4 Å². The number of aliphatic hydroxyl groups is 2. The summed E-state index contributed by atoms with van der Waals surface area (Å²) in [6.07, 6.45) is 16.3. The third-order valence-corrected chi connectivity index (χ3v) is 6.09. The highest BCUT2D eigenvalue weighted by molar-refractivity contribution is 5.08. The lowest BCUT2D eigenvalue weighted by molar-refractivity contribution is 0.0233. The monoisotopic (exact) mass is 350 g/mol. The minimum atomic E-state index is -0.815. The number of unbranched alkanes of at least 4 members (excludes halogenated alkanes) is 3. The summed E-state index contributed by atoms with van der Waals surface area (Å²) < 4.78 is 6.19. The molecule has 0 aromatic carbocycles. The van der Waals surface area contributed by atoms with E-state index in [1.165, 1.54) is 19.3 Å². The second-order valence-electron chi connectivity index (χ2n) is 8.12. The van der Waals surface area contributed by atoms with E-state index in [9.17, 15) is 10.2 Å². The maximum atomic E-state index is 10.6. The smallest absolute Gasteiger partial charge is 0.0859 e. The van der Waals surface area contributed by atoms with Crippen molar-refractivity contribution < 1.29 is 14.9 Å². The number of aliphatic hydroxyl groups excluding tert-OH is 1. The fourth-order valence-corrected chi connectivity index (χ4v) is 4.45. The highest BCUT2D eigenvalue weighted by atomic mass is 16.5. The Morgan fingerprint density at radius 3 is 2.60 bits per heavy atom. The molecule has 0 spiro atoms. The van der Waals surface area contributed by atoms with Gasteiger partial charge in [0.2, 0.25) is 0 Å². The van der Waals surface area contributed by atoms with E-state index in [2.05, 4.69) is 32.6 Å². The van der Waals surface area contributed by atoms with Crippen LogP contribution in [-0.2, 0) is 4.74 Å². The van der Waals surface area contributed by atoms with E-state index in [1.807, 2.05) is 0 Å². The molecule has 0 bridgehead atoms. The van der Waals surface area contributed by atoms with Gasteiger partial charge in [-0.3, -0.25) is 0 Å². The maximum absolute atomic E-state index is 10.6. The van der Waals surface area contributed by atoms with Crippen molar-refractivity contribution in [1.82, 2.24) is 0 Å². The lowest BCUT2D eigenvalue weighted by Gasteiger charge is -2.23. The Hall–Kier alpha value is -0.640. The minimum absolute atomic E-state index is 0.168. The molecule has 2 N–H and O–H groups in total. The van der Waals surface area contributed by atoms with Gasteiger partial charge in [-0.15, -0.1) is 6.58 Å². The Kier molecular flexibility index (Phi) is 8.18. The Morgan fingerprint density at radius 1 is 1.16 bits per heavy atom. The average molecular weight is 351 g/mol. The van der Waals surface area contributed by atoms with Crippen LogP contribution in [0, 0.1) is 11.8 Å². The SMILES string of the molecule is C=CC(O)(CC=C[C@@H]1[C@H]2C[C@H](CCCCC)O[C@@H]2C[C@H]1O)CCCC. The second-order valence-corrected chi connectivity index (χ2v) is 8.12. The van der Waals surface area contributed by atoms with Gasteiger partial charge in [-0.1, -0.05) is 64.2 Å². The topological polar surface area (TPSA) is 49.7 Å². The summed E-state index contributed by atoms with van der Waals surface area (Å²) in [7, 11) is 0. The summed E-state index contributed by atoms with van der Waals surface area (Å²) in [6, 6.07) is 0. The summed E-state index contributed by atoms with van der Waals surface area (Å²) >= 11 is 0. The molecule has 0 amide bonds. The Balaban J connectivity index is 1.87. The largest absolute Gasteiger partial charge is 0.392 e. The lowest BCUT2D eigenvalue weighted by atomic mass is 9.87. The fourth-order valence-electron chi connectivity index (χ4n) is 4.45. The molecular weight excluding hydrogens is 312 g/mol. The van der Waals surface area contributed by atoms with Crippen LogP contribution in [0.3, 0.4) is 0 Å². The normalized spacial score (nSPS) is 34.3. The van der Waals surface area contributed by atoms with Crippen molar-refractivity contribution in [1.29, 1.82) is 0 Å². The number of rotatable bonds is 11. The molecule has 3 heteroatoms. The predicted octanol–water partition coefficient (Wildman–Crippen LogP) is 4.77. The molecule has 1 aliphatic carbocycles. The second kappa shape index (κ2) is 9.89. The lowest BCUT2D eigenvalue weighted by Crippen LogP contribution is -2.25. The molecule has 25 heavy (non-hydrogen) atoms. The van der Waals surface area contributed by atoms with Crippen LogP contribution in [0.2, 0.25) is 0 Å². The Bertz CT molecular complexity index is 433. The predicted molar refractivity (Wildman–Crippen MR) is 103 cm³/mol. The van der Waals surface area contributed by atoms with Gasteiger partial charge in [0.15, 0.2) is 0 Å². The van der Waals surface area contributed by atoms with Gasteiger partial charge in [0.25, 0.3) is 0 Å². The van der Waals surface area contributed by atoms with E-state index in [1.54, 1.807) is 6.08 Å². The molecule has 0 aromatic heterocycles. The van der Waals surface area contributed by atoms with Gasteiger partial charge in [0, 0.05) is 12.3 Å². The van der Waals surface area contributed by atoms with Gasteiger partial charge in [0.1, 0.15) is 0 Å². The molecule has 1 saturated carbocycles. The van der Waals surface area contributed by atoms with E-state index in [-0.39, 0.29) is 18.1 Å². The first-order valence-corrected chi connectivity index (χ1v) is 10.4. The molecule has 1 heterocycles. The summed E-state index contributed by atoms with van der Waals surface area (Å²) in [4.78, 5) is 0. The molecule has 6 atom stereocenters. The zero-order valence-electron chi connectivity index (χ0n) is 16.2. The molecule has 2 aliphatic rings. The number of ether oxygens (including phenoxy) is 1. The van der Waals surface area contributed by atoms with Crippen LogP contribution in [0.15, 0.2) is 24.8 Å². The van der Waals surface area contributed by atoms with Crippen LogP contribution < -0.4 is 0 Å². The molecule has 144 valence electrons. The van der Waals surface area contributed by atoms with Gasteiger partial charge in [0.05, 0.1) is 23.9 Å². The molecule has 1 aliphatic heterocycles. The van der Waals surface area contributed by atoms with Crippen LogP contribution >= 0.6 is 0 Å². The van der Waals surface area contributed by atoms with Crippen LogP contribution in [0.4, 0.5) is 0 Å². The molecule has 1 saturated heterocycles. The highest BCUT2D eigenvalue weighted by Crippen LogP contribution is 2.45. The molecule has 2 fully saturated rings. The standard InChI is InChI=1S/C22H38O3/c1-4-7-9-11-17-15-19-18(20(23)16-21(19)25-17)12-10-14-22(24,6-3)13-8-5-2/h6,10,12,17-21,23-24H,3-5,7-9,11,13-16H2,1-2H3/t17-,18+,19+,20+,21+,22?/m0/s1. The Morgan fingerprint density at radius 2 is 1.92 bits per heavy atom. The zero-order chi connectivity index (χ0) is 18.3. The van der Waals surface area contributed by atoms with Gasteiger partial charge in [-0.05, 0) is 31.6 Å². The van der Waals surface area contributed by atoms with Crippen LogP contribution in [0.5, 0.6) is 0 Å². The van der Waals surface area contributed by atoms with Gasteiger partial charge in [-0.25, -0.2) is 0 Å². The van der Waals surface area contributed by atoms with Crippen LogP contribution in [-0.4, -0.2) is 34.1 Å². The third-order valence-electron chi connectivity index (χ3n) is 6.09. The molecule has 3 nitrogen and oxygen atoms in total. The van der Waals surface area contributed by atoms with Gasteiger partial charge >= 0.3 is 0 Å². The maximum Gasteiger partial charge on any atom is 0.0859 e. The Labute approximate surface area is 154 Å². The summed E-state index contributed by atoms with van der Waals surface area (Å²) in [5, 5.41) is 21.0.